The fourth-order valence-corrected chi connectivity index (χ4v) is 1.89. The number of halogens is 1. The predicted molar refractivity (Wildman–Crippen MR) is 60.5 cm³/mol. The minimum absolute atomic E-state index is 0.380. The van der Waals surface area contributed by atoms with Gasteiger partial charge in [-0.15, -0.1) is 0 Å². The summed E-state index contributed by atoms with van der Waals surface area (Å²) >= 11 is 3.42. The normalized spacial score (nSPS) is 11.6. The fourth-order valence-electron chi connectivity index (χ4n) is 1.28. The maximum absolute atomic E-state index is 4.25. The van der Waals surface area contributed by atoms with Gasteiger partial charge in [-0.2, -0.15) is 5.10 Å². The van der Waals surface area contributed by atoms with Crippen molar-refractivity contribution in [3.8, 4) is 0 Å². The second-order valence-corrected chi connectivity index (χ2v) is 4.43. The van der Waals surface area contributed by atoms with E-state index in [-0.39, 0.29) is 0 Å². The van der Waals surface area contributed by atoms with Crippen LogP contribution < -0.4 is 0 Å². The molecule has 0 aliphatic heterocycles. The Morgan fingerprint density at radius 1 is 1.57 bits per heavy atom. The van der Waals surface area contributed by atoms with Crippen LogP contribution in [0.5, 0.6) is 0 Å². The van der Waals surface area contributed by atoms with Crippen LogP contribution in [0.1, 0.15) is 25.7 Å². The van der Waals surface area contributed by atoms with Crippen molar-refractivity contribution in [1.29, 1.82) is 0 Å². The highest BCUT2D eigenvalue weighted by Crippen LogP contribution is 2.06. The molecule has 80 valence electrons. The first kappa shape index (κ1) is 11.7. The van der Waals surface area contributed by atoms with Gasteiger partial charge in [0.05, 0.1) is 6.54 Å². The van der Waals surface area contributed by atoms with E-state index in [2.05, 4.69) is 51.8 Å². The average Bonchev–Trinajstić information content (AvgIpc) is 2.52. The molecule has 0 aliphatic rings. The third-order valence-corrected chi connectivity index (χ3v) is 2.37. The Balaban J connectivity index is 2.61. The number of hydrogen-bond donors (Lipinski definition) is 0. The molecule has 1 heterocycles. The first-order valence-electron chi connectivity index (χ1n) is 4.78. The Hall–Kier alpha value is -0.420. The topological polar surface area (TPSA) is 34.0 Å². The van der Waals surface area contributed by atoms with E-state index in [9.17, 15) is 0 Å². The molecule has 4 nitrogen and oxygen atoms in total. The van der Waals surface area contributed by atoms with Gasteiger partial charge >= 0.3 is 0 Å². The summed E-state index contributed by atoms with van der Waals surface area (Å²) in [6.45, 7) is 6.10. The number of aromatic nitrogens is 3. The fraction of sp³-hybridized carbons (Fsp3) is 0.778. The van der Waals surface area contributed by atoms with E-state index >= 15 is 0 Å². The van der Waals surface area contributed by atoms with Crippen LogP contribution >= 0.6 is 15.9 Å². The minimum Gasteiger partial charge on any atom is -0.298 e. The molecule has 0 bridgehead atoms. The standard InChI is InChI=1S/C9H17BrN4/c1-8(2)14-9(11-7-12-14)6-13(3)5-4-10/h7-8H,4-6H2,1-3H3. The lowest BCUT2D eigenvalue weighted by atomic mass is 10.4. The second-order valence-electron chi connectivity index (χ2n) is 3.64. The van der Waals surface area contributed by atoms with E-state index < -0.39 is 0 Å². The zero-order valence-electron chi connectivity index (χ0n) is 8.94. The quantitative estimate of drug-likeness (QED) is 0.756. The van der Waals surface area contributed by atoms with Gasteiger partial charge in [-0.1, -0.05) is 15.9 Å². The average molecular weight is 261 g/mol. The number of rotatable bonds is 5. The lowest BCUT2D eigenvalue weighted by molar-refractivity contribution is 0.325. The molecule has 0 spiro atoms. The van der Waals surface area contributed by atoms with Crippen molar-refractivity contribution in [1.82, 2.24) is 19.7 Å². The van der Waals surface area contributed by atoms with Crippen LogP contribution in [0.15, 0.2) is 6.33 Å². The first-order chi connectivity index (χ1) is 6.65. The predicted octanol–water partition coefficient (Wildman–Crippen LogP) is 1.69. The zero-order valence-corrected chi connectivity index (χ0v) is 10.5. The summed E-state index contributed by atoms with van der Waals surface area (Å²) < 4.78 is 1.96. The Kier molecular flexibility index (Phi) is 4.54. The molecule has 0 fully saturated rings. The lowest BCUT2D eigenvalue weighted by Gasteiger charge is -2.16. The third-order valence-electron chi connectivity index (χ3n) is 2.01. The Bertz CT molecular complexity index is 272. The van der Waals surface area contributed by atoms with Gasteiger partial charge in [-0.05, 0) is 20.9 Å². The monoisotopic (exact) mass is 260 g/mol. The maximum Gasteiger partial charge on any atom is 0.141 e. The van der Waals surface area contributed by atoms with E-state index in [1.165, 1.54) is 0 Å². The van der Waals surface area contributed by atoms with E-state index in [1.807, 2.05) is 4.68 Å². The molecule has 0 aliphatic carbocycles. The Labute approximate surface area is 93.4 Å². The van der Waals surface area contributed by atoms with Gasteiger partial charge < -0.3 is 0 Å². The van der Waals surface area contributed by atoms with Crippen molar-refractivity contribution < 1.29 is 0 Å². The molecule has 0 saturated heterocycles. The molecule has 0 saturated carbocycles. The summed E-state index contributed by atoms with van der Waals surface area (Å²) in [5, 5.41) is 5.18. The summed E-state index contributed by atoms with van der Waals surface area (Å²) in [7, 11) is 2.08. The van der Waals surface area contributed by atoms with Crippen molar-refractivity contribution >= 4 is 15.9 Å². The smallest absolute Gasteiger partial charge is 0.141 e. The molecule has 14 heavy (non-hydrogen) atoms. The molecule has 1 rings (SSSR count). The molecule has 0 amide bonds. The van der Waals surface area contributed by atoms with Crippen LogP contribution in [0.4, 0.5) is 0 Å². The van der Waals surface area contributed by atoms with Gasteiger partial charge in [0, 0.05) is 17.9 Å². The van der Waals surface area contributed by atoms with E-state index in [0.29, 0.717) is 6.04 Å². The Morgan fingerprint density at radius 3 is 2.86 bits per heavy atom. The molecule has 0 unspecified atom stereocenters. The van der Waals surface area contributed by atoms with Gasteiger partial charge in [0.25, 0.3) is 0 Å². The van der Waals surface area contributed by atoms with Crippen LogP contribution in [0.3, 0.4) is 0 Å². The van der Waals surface area contributed by atoms with Crippen molar-refractivity contribution in [2.45, 2.75) is 26.4 Å². The molecule has 1 aromatic rings. The molecule has 0 N–H and O–H groups in total. The summed E-state index contributed by atoms with van der Waals surface area (Å²) in [5.41, 5.74) is 0. The molecule has 1 aromatic heterocycles. The zero-order chi connectivity index (χ0) is 10.6. The van der Waals surface area contributed by atoms with Crippen LogP contribution in [-0.2, 0) is 6.54 Å². The van der Waals surface area contributed by atoms with E-state index in [0.717, 1.165) is 24.2 Å². The highest BCUT2D eigenvalue weighted by Gasteiger charge is 2.09. The first-order valence-corrected chi connectivity index (χ1v) is 5.90. The third kappa shape index (κ3) is 3.06. The summed E-state index contributed by atoms with van der Waals surface area (Å²) in [6.07, 6.45) is 1.62. The highest BCUT2D eigenvalue weighted by molar-refractivity contribution is 9.09. The highest BCUT2D eigenvalue weighted by atomic mass is 79.9. The van der Waals surface area contributed by atoms with Gasteiger partial charge in [-0.3, -0.25) is 4.90 Å². The Morgan fingerprint density at radius 2 is 2.29 bits per heavy atom. The molecule has 5 heteroatoms. The number of alkyl halides is 1. The van der Waals surface area contributed by atoms with Gasteiger partial charge in [-0.25, -0.2) is 9.67 Å². The van der Waals surface area contributed by atoms with Gasteiger partial charge in [0.15, 0.2) is 0 Å². The molecule has 0 radical (unpaired) electrons. The second kappa shape index (κ2) is 5.46. The van der Waals surface area contributed by atoms with Crippen LogP contribution in [0.25, 0.3) is 0 Å². The number of hydrogen-bond acceptors (Lipinski definition) is 3. The molecule has 0 atom stereocenters. The SMILES string of the molecule is CC(C)n1ncnc1CN(C)CCBr. The molecule has 0 aromatic carbocycles. The number of nitrogens with zero attached hydrogens (tertiary/aromatic N) is 4. The van der Waals surface area contributed by atoms with E-state index in [1.54, 1.807) is 6.33 Å². The van der Waals surface area contributed by atoms with Gasteiger partial charge in [0.2, 0.25) is 0 Å². The molecular weight excluding hydrogens is 244 g/mol. The van der Waals surface area contributed by atoms with Crippen molar-refractivity contribution in [2.24, 2.45) is 0 Å². The van der Waals surface area contributed by atoms with Crippen molar-refractivity contribution in [3.63, 3.8) is 0 Å². The van der Waals surface area contributed by atoms with Crippen molar-refractivity contribution in [3.05, 3.63) is 12.2 Å². The van der Waals surface area contributed by atoms with Crippen LogP contribution in [0, 0.1) is 0 Å². The van der Waals surface area contributed by atoms with Gasteiger partial charge in [0.1, 0.15) is 12.2 Å². The lowest BCUT2D eigenvalue weighted by Crippen LogP contribution is -2.23. The maximum atomic E-state index is 4.25. The minimum atomic E-state index is 0.380. The van der Waals surface area contributed by atoms with E-state index in [4.69, 9.17) is 0 Å². The van der Waals surface area contributed by atoms with Crippen LogP contribution in [0.2, 0.25) is 0 Å². The van der Waals surface area contributed by atoms with Crippen LogP contribution in [-0.4, -0.2) is 38.6 Å². The summed E-state index contributed by atoms with van der Waals surface area (Å²) in [4.78, 5) is 6.47. The summed E-state index contributed by atoms with van der Waals surface area (Å²) in [5.74, 6) is 1.03. The molecular formula is C9H17BrN4. The van der Waals surface area contributed by atoms with Crippen molar-refractivity contribution in [2.75, 3.05) is 18.9 Å². The largest absolute Gasteiger partial charge is 0.298 e. The summed E-state index contributed by atoms with van der Waals surface area (Å²) in [6, 6.07) is 0.380.